The molecule has 2 aromatic rings. The Labute approximate surface area is 132 Å². The summed E-state index contributed by atoms with van der Waals surface area (Å²) in [6.07, 6.45) is 0. The zero-order valence-electron chi connectivity index (χ0n) is 12.2. The van der Waals surface area contributed by atoms with Gasteiger partial charge in [-0.05, 0) is 24.3 Å². The second kappa shape index (κ2) is 6.95. The van der Waals surface area contributed by atoms with Crippen molar-refractivity contribution >= 4 is 29.0 Å². The number of thiophene rings is 1. The summed E-state index contributed by atoms with van der Waals surface area (Å²) in [5.41, 5.74) is 0. The Hall–Kier alpha value is -1.54. The number of rotatable bonds is 6. The van der Waals surface area contributed by atoms with Gasteiger partial charge in [0.1, 0.15) is 0 Å². The molecule has 0 fully saturated rings. The molecule has 6 nitrogen and oxygen atoms in total. The molecule has 0 spiro atoms. The summed E-state index contributed by atoms with van der Waals surface area (Å²) in [4.78, 5) is 12.8. The number of carbonyl (C=O) groups excluding carboxylic acids is 1. The van der Waals surface area contributed by atoms with Crippen LogP contribution >= 0.6 is 23.1 Å². The van der Waals surface area contributed by atoms with Crippen LogP contribution in [-0.2, 0) is 4.79 Å². The molecule has 21 heavy (non-hydrogen) atoms. The largest absolute Gasteiger partial charge is 0.353 e. The van der Waals surface area contributed by atoms with Crippen LogP contribution in [0.2, 0.25) is 0 Å². The summed E-state index contributed by atoms with van der Waals surface area (Å²) >= 11 is 2.83. The molecule has 0 bridgehead atoms. The molecule has 2 rings (SSSR count). The van der Waals surface area contributed by atoms with Gasteiger partial charge >= 0.3 is 0 Å². The molecule has 0 aliphatic rings. The third-order valence-corrected chi connectivity index (χ3v) is 4.94. The highest BCUT2D eigenvalue weighted by Gasteiger charge is 2.15. The van der Waals surface area contributed by atoms with Gasteiger partial charge in [-0.2, -0.15) is 0 Å². The van der Waals surface area contributed by atoms with Crippen molar-refractivity contribution in [1.82, 2.24) is 20.2 Å². The molecular weight excluding hydrogens is 306 g/mol. The van der Waals surface area contributed by atoms with Crippen molar-refractivity contribution in [1.29, 1.82) is 0 Å². The third kappa shape index (κ3) is 3.98. The molecule has 0 aromatic carbocycles. The van der Waals surface area contributed by atoms with Gasteiger partial charge in [-0.25, -0.2) is 4.68 Å². The molecule has 0 aliphatic heterocycles. The number of nitrogens with one attached hydrogen (secondary N) is 1. The minimum absolute atomic E-state index is 0.0260. The normalized spacial score (nSPS) is 12.6. The van der Waals surface area contributed by atoms with Crippen LogP contribution in [0.3, 0.4) is 0 Å². The molecule has 8 heteroatoms. The highest BCUT2D eigenvalue weighted by molar-refractivity contribution is 7.99. The van der Waals surface area contributed by atoms with Gasteiger partial charge in [0.25, 0.3) is 0 Å². The Morgan fingerprint density at radius 2 is 2.24 bits per heavy atom. The number of hydrogen-bond acceptors (Lipinski definition) is 6. The van der Waals surface area contributed by atoms with Crippen molar-refractivity contribution in [3.63, 3.8) is 0 Å². The van der Waals surface area contributed by atoms with Crippen molar-refractivity contribution in [2.24, 2.45) is 5.92 Å². The second-order valence-electron chi connectivity index (χ2n) is 5.04. The minimum Gasteiger partial charge on any atom is -0.353 e. The van der Waals surface area contributed by atoms with Crippen LogP contribution in [0, 0.1) is 5.92 Å². The van der Waals surface area contributed by atoms with E-state index in [0.29, 0.717) is 16.9 Å². The van der Waals surface area contributed by atoms with E-state index in [1.54, 1.807) is 11.3 Å². The molecular formula is C13H19N5OS2. The van der Waals surface area contributed by atoms with E-state index < -0.39 is 0 Å². The van der Waals surface area contributed by atoms with Gasteiger partial charge in [0.15, 0.2) is 5.82 Å². The van der Waals surface area contributed by atoms with Crippen LogP contribution in [-0.4, -0.2) is 32.6 Å². The molecule has 1 atom stereocenters. The van der Waals surface area contributed by atoms with E-state index in [4.69, 9.17) is 5.84 Å². The van der Waals surface area contributed by atoms with Gasteiger partial charge in [-0.1, -0.05) is 31.7 Å². The first-order valence-corrected chi connectivity index (χ1v) is 8.52. The number of amides is 1. The molecule has 2 aromatic heterocycles. The van der Waals surface area contributed by atoms with Gasteiger partial charge in [-0.3, -0.25) is 4.79 Å². The Bertz CT molecular complexity index is 594. The van der Waals surface area contributed by atoms with Gasteiger partial charge in [0.05, 0.1) is 10.6 Å². The van der Waals surface area contributed by atoms with E-state index in [1.807, 2.05) is 24.4 Å². The monoisotopic (exact) mass is 325 g/mol. The van der Waals surface area contributed by atoms with Crippen LogP contribution in [0.4, 0.5) is 0 Å². The lowest BCUT2D eigenvalue weighted by molar-refractivity contribution is -0.119. The van der Waals surface area contributed by atoms with E-state index in [-0.39, 0.29) is 17.7 Å². The topological polar surface area (TPSA) is 85.8 Å². The lowest BCUT2D eigenvalue weighted by Gasteiger charge is -2.16. The smallest absolute Gasteiger partial charge is 0.230 e. The van der Waals surface area contributed by atoms with Crippen LogP contribution in [0.1, 0.15) is 20.8 Å². The average molecular weight is 325 g/mol. The Morgan fingerprint density at radius 1 is 1.48 bits per heavy atom. The van der Waals surface area contributed by atoms with Gasteiger partial charge in [-0.15, -0.1) is 21.5 Å². The molecule has 1 amide bonds. The summed E-state index contributed by atoms with van der Waals surface area (Å²) in [6, 6.07) is 4.02. The first kappa shape index (κ1) is 15.8. The van der Waals surface area contributed by atoms with Crippen LogP contribution in [0.25, 0.3) is 10.7 Å². The SMILES string of the molecule is CC(C)[C@H](C)NC(=O)CSc1nnc(-c2cccs2)n1N. The van der Waals surface area contributed by atoms with E-state index in [0.717, 1.165) is 4.88 Å². The average Bonchev–Trinajstić information content (AvgIpc) is 3.05. The molecule has 0 unspecified atom stereocenters. The van der Waals surface area contributed by atoms with E-state index in [2.05, 4.69) is 29.4 Å². The standard InChI is InChI=1S/C13H19N5OS2/c1-8(2)9(3)15-11(19)7-21-13-17-16-12(18(13)14)10-5-4-6-20-10/h4-6,8-9H,7,14H2,1-3H3,(H,15,19)/t9-/m0/s1. The summed E-state index contributed by atoms with van der Waals surface area (Å²) in [6.45, 7) is 6.14. The Morgan fingerprint density at radius 3 is 2.86 bits per heavy atom. The fourth-order valence-corrected chi connectivity index (χ4v) is 2.91. The van der Waals surface area contributed by atoms with Crippen molar-refractivity contribution in [2.45, 2.75) is 32.0 Å². The number of nitrogens with zero attached hydrogens (tertiary/aromatic N) is 3. The number of thioether (sulfide) groups is 1. The van der Waals surface area contributed by atoms with Gasteiger partial charge in [0, 0.05) is 6.04 Å². The predicted molar refractivity (Wildman–Crippen MR) is 86.7 cm³/mol. The molecule has 3 N–H and O–H groups in total. The molecule has 0 radical (unpaired) electrons. The number of carbonyl (C=O) groups is 1. The van der Waals surface area contributed by atoms with Crippen molar-refractivity contribution in [3.05, 3.63) is 17.5 Å². The summed E-state index contributed by atoms with van der Waals surface area (Å²) in [7, 11) is 0. The quantitative estimate of drug-likeness (QED) is 0.626. The lowest BCUT2D eigenvalue weighted by Crippen LogP contribution is -2.37. The highest BCUT2D eigenvalue weighted by atomic mass is 32.2. The number of nitrogens with two attached hydrogens (primary N) is 1. The predicted octanol–water partition coefficient (Wildman–Crippen LogP) is 1.97. The Balaban J connectivity index is 1.94. The van der Waals surface area contributed by atoms with Crippen molar-refractivity contribution in [3.8, 4) is 10.7 Å². The fourth-order valence-electron chi connectivity index (χ4n) is 1.54. The van der Waals surface area contributed by atoms with E-state index in [1.165, 1.54) is 16.4 Å². The van der Waals surface area contributed by atoms with E-state index >= 15 is 0 Å². The highest BCUT2D eigenvalue weighted by Crippen LogP contribution is 2.24. The summed E-state index contributed by atoms with van der Waals surface area (Å²) in [5, 5.41) is 13.5. The van der Waals surface area contributed by atoms with Crippen LogP contribution in [0.5, 0.6) is 0 Å². The number of hydrogen-bond donors (Lipinski definition) is 2. The molecule has 0 aliphatic carbocycles. The molecule has 0 saturated heterocycles. The fraction of sp³-hybridized carbons (Fsp3) is 0.462. The molecule has 114 valence electrons. The van der Waals surface area contributed by atoms with E-state index in [9.17, 15) is 4.79 Å². The van der Waals surface area contributed by atoms with Crippen molar-refractivity contribution in [2.75, 3.05) is 11.6 Å². The summed E-state index contributed by atoms with van der Waals surface area (Å²) < 4.78 is 1.43. The Kier molecular flexibility index (Phi) is 5.24. The molecule has 0 saturated carbocycles. The maximum Gasteiger partial charge on any atom is 0.230 e. The third-order valence-electron chi connectivity index (χ3n) is 3.13. The number of nitrogen functional groups attached to an aromatic ring is 1. The van der Waals surface area contributed by atoms with Crippen LogP contribution in [0.15, 0.2) is 22.7 Å². The summed E-state index contributed by atoms with van der Waals surface area (Å²) in [5.74, 6) is 7.24. The maximum atomic E-state index is 11.8. The maximum absolute atomic E-state index is 11.8. The van der Waals surface area contributed by atoms with Crippen LogP contribution < -0.4 is 11.2 Å². The molecule has 2 heterocycles. The van der Waals surface area contributed by atoms with Crippen molar-refractivity contribution < 1.29 is 4.79 Å². The number of aromatic nitrogens is 3. The van der Waals surface area contributed by atoms with Gasteiger partial charge in [0.2, 0.25) is 11.1 Å². The first-order valence-electron chi connectivity index (χ1n) is 6.65. The first-order chi connectivity index (χ1) is 9.99. The minimum atomic E-state index is -0.0260. The zero-order chi connectivity index (χ0) is 15.4. The zero-order valence-corrected chi connectivity index (χ0v) is 13.9. The van der Waals surface area contributed by atoms with Gasteiger partial charge < -0.3 is 11.2 Å². The lowest BCUT2D eigenvalue weighted by atomic mass is 10.1. The second-order valence-corrected chi connectivity index (χ2v) is 6.93.